The number of carboxylic acids is 1. The molecule has 0 heterocycles. The van der Waals surface area contributed by atoms with Crippen molar-refractivity contribution in [3.05, 3.63) is 48.2 Å². The number of allylic oxidation sites excluding steroid dienone is 6. The van der Waals surface area contributed by atoms with Gasteiger partial charge in [0, 0.05) is 24.3 Å². The van der Waals surface area contributed by atoms with E-state index in [-0.39, 0.29) is 34.6 Å². The number of ketones is 3. The second-order valence-electron chi connectivity index (χ2n) is 4.73. The third kappa shape index (κ3) is 69.8. The highest BCUT2D eigenvalue weighted by atomic mass is 16.4. The largest absolute Gasteiger partial charge is 0.512 e. The molecule has 0 rings (SSSR count). The molecule has 148 valence electrons. The van der Waals surface area contributed by atoms with E-state index in [4.69, 9.17) is 20.4 Å². The van der Waals surface area contributed by atoms with Gasteiger partial charge in [0.15, 0.2) is 17.3 Å². The van der Waals surface area contributed by atoms with Crippen LogP contribution in [0.5, 0.6) is 0 Å². The molecule has 0 spiro atoms. The topological polar surface area (TPSA) is 149 Å². The van der Waals surface area contributed by atoms with Crippen molar-refractivity contribution in [2.24, 2.45) is 0 Å². The van der Waals surface area contributed by atoms with E-state index in [2.05, 4.69) is 6.58 Å². The van der Waals surface area contributed by atoms with Crippen LogP contribution < -0.4 is 0 Å². The average Bonchev–Trinajstić information content (AvgIpc) is 2.35. The lowest BCUT2D eigenvalue weighted by Gasteiger charge is -1.80. The first kappa shape index (κ1) is 30.7. The van der Waals surface area contributed by atoms with Crippen LogP contribution in [0.15, 0.2) is 48.2 Å². The summed E-state index contributed by atoms with van der Waals surface area (Å²) in [6.07, 6.45) is 4.33. The maximum Gasteiger partial charge on any atom is 0.327 e. The molecular formula is C18H28O8. The van der Waals surface area contributed by atoms with E-state index in [1.54, 1.807) is 0 Å². The van der Waals surface area contributed by atoms with Gasteiger partial charge in [-0.15, -0.1) is 0 Å². The Morgan fingerprint density at radius 3 is 0.731 bits per heavy atom. The fraction of sp³-hybridized carbons (Fsp3) is 0.333. The molecule has 0 saturated carbocycles. The molecule has 8 nitrogen and oxygen atoms in total. The van der Waals surface area contributed by atoms with Crippen molar-refractivity contribution in [1.29, 1.82) is 0 Å². The molecule has 0 aromatic rings. The van der Waals surface area contributed by atoms with Gasteiger partial charge in [-0.25, -0.2) is 4.79 Å². The standard InChI is InChI=1S/3C5H8O2.C3H4O2/c3*1-4(6)3-5(2)7;1-2-3(4)5/h3*3,6H,1-2H3;2H,1H2,(H,4,5)/b3*4-3-;. The van der Waals surface area contributed by atoms with Gasteiger partial charge in [0.25, 0.3) is 0 Å². The lowest BCUT2D eigenvalue weighted by Crippen LogP contribution is -1.82. The Morgan fingerprint density at radius 1 is 0.577 bits per heavy atom. The number of aliphatic hydroxyl groups is 3. The molecule has 0 aromatic heterocycles. The zero-order chi connectivity index (χ0) is 21.9. The predicted molar refractivity (Wildman–Crippen MR) is 99.0 cm³/mol. The van der Waals surface area contributed by atoms with Crippen LogP contribution in [0.1, 0.15) is 41.5 Å². The summed E-state index contributed by atoms with van der Waals surface area (Å²) in [6, 6.07) is 0. The number of hydrogen-bond donors (Lipinski definition) is 4. The van der Waals surface area contributed by atoms with Crippen LogP contribution in [0, 0.1) is 0 Å². The highest BCUT2D eigenvalue weighted by molar-refractivity contribution is 5.88. The molecular weight excluding hydrogens is 344 g/mol. The summed E-state index contributed by atoms with van der Waals surface area (Å²) in [5.74, 6) is -1.17. The number of hydrogen-bond acceptors (Lipinski definition) is 7. The first-order valence-electron chi connectivity index (χ1n) is 7.14. The molecule has 0 fully saturated rings. The minimum atomic E-state index is -0.981. The van der Waals surface area contributed by atoms with Crippen molar-refractivity contribution in [1.82, 2.24) is 0 Å². The van der Waals surface area contributed by atoms with E-state index >= 15 is 0 Å². The highest BCUT2D eigenvalue weighted by Crippen LogP contribution is 1.83. The van der Waals surface area contributed by atoms with Crippen LogP contribution in [-0.2, 0) is 19.2 Å². The van der Waals surface area contributed by atoms with Crippen LogP contribution in [0.3, 0.4) is 0 Å². The molecule has 26 heavy (non-hydrogen) atoms. The summed E-state index contributed by atoms with van der Waals surface area (Å²) in [6.45, 7) is 11.5. The Hall–Kier alpha value is -3.16. The van der Waals surface area contributed by atoms with Gasteiger partial charge in [0.05, 0.1) is 17.3 Å². The molecule has 0 radical (unpaired) electrons. The summed E-state index contributed by atoms with van der Waals surface area (Å²) in [5.41, 5.74) is 0. The summed E-state index contributed by atoms with van der Waals surface area (Å²) in [4.78, 5) is 39.3. The van der Waals surface area contributed by atoms with Crippen LogP contribution in [-0.4, -0.2) is 43.7 Å². The molecule has 0 aliphatic rings. The van der Waals surface area contributed by atoms with E-state index in [1.807, 2.05) is 0 Å². The molecule has 0 saturated heterocycles. The summed E-state index contributed by atoms with van der Waals surface area (Å²) >= 11 is 0. The van der Waals surface area contributed by atoms with E-state index in [9.17, 15) is 19.2 Å². The number of aliphatic hydroxyl groups excluding tert-OH is 3. The number of carbonyl (C=O) groups is 4. The SMILES string of the molecule is C=CC(=O)O.CC(=O)/C=C(/C)O.CC(=O)/C=C(/C)O.CC(=O)/C=C(/C)O. The number of rotatable bonds is 4. The monoisotopic (exact) mass is 372 g/mol. The fourth-order valence-corrected chi connectivity index (χ4v) is 0.882. The number of carbonyl (C=O) groups excluding carboxylic acids is 3. The quantitative estimate of drug-likeness (QED) is 0.433. The van der Waals surface area contributed by atoms with Gasteiger partial charge in [-0.2, -0.15) is 0 Å². The van der Waals surface area contributed by atoms with Crippen LogP contribution in [0.25, 0.3) is 0 Å². The van der Waals surface area contributed by atoms with Gasteiger partial charge < -0.3 is 20.4 Å². The molecule has 0 atom stereocenters. The van der Waals surface area contributed by atoms with Crippen molar-refractivity contribution < 1.29 is 39.6 Å². The van der Waals surface area contributed by atoms with Crippen molar-refractivity contribution in [3.63, 3.8) is 0 Å². The minimum Gasteiger partial charge on any atom is -0.512 e. The fourth-order valence-electron chi connectivity index (χ4n) is 0.882. The van der Waals surface area contributed by atoms with E-state index in [0.29, 0.717) is 0 Å². The smallest absolute Gasteiger partial charge is 0.327 e. The predicted octanol–water partition coefficient (Wildman–Crippen LogP) is 3.37. The number of aliphatic carboxylic acids is 1. The van der Waals surface area contributed by atoms with Crippen molar-refractivity contribution in [2.75, 3.05) is 0 Å². The van der Waals surface area contributed by atoms with Gasteiger partial charge in [-0.1, -0.05) is 6.58 Å². The van der Waals surface area contributed by atoms with Gasteiger partial charge in [0.1, 0.15) is 0 Å². The highest BCUT2D eigenvalue weighted by Gasteiger charge is 1.84. The molecule has 0 bridgehead atoms. The van der Waals surface area contributed by atoms with E-state index in [1.165, 1.54) is 59.8 Å². The van der Waals surface area contributed by atoms with Gasteiger partial charge in [-0.05, 0) is 41.5 Å². The van der Waals surface area contributed by atoms with Gasteiger partial charge >= 0.3 is 5.97 Å². The Bertz CT molecular complexity index is 487. The van der Waals surface area contributed by atoms with Crippen molar-refractivity contribution in [2.45, 2.75) is 41.5 Å². The third-order valence-electron chi connectivity index (χ3n) is 1.41. The molecule has 0 aliphatic carbocycles. The maximum atomic E-state index is 10.0. The van der Waals surface area contributed by atoms with E-state index < -0.39 is 5.97 Å². The zero-order valence-corrected chi connectivity index (χ0v) is 15.9. The molecule has 0 aliphatic heterocycles. The summed E-state index contributed by atoms with van der Waals surface area (Å²) in [5, 5.41) is 32.7. The third-order valence-corrected chi connectivity index (χ3v) is 1.41. The summed E-state index contributed by atoms with van der Waals surface area (Å²) in [7, 11) is 0. The van der Waals surface area contributed by atoms with Crippen LogP contribution in [0.2, 0.25) is 0 Å². The Morgan fingerprint density at radius 2 is 0.731 bits per heavy atom. The zero-order valence-electron chi connectivity index (χ0n) is 15.9. The lowest BCUT2D eigenvalue weighted by atomic mass is 10.4. The van der Waals surface area contributed by atoms with Crippen molar-refractivity contribution in [3.8, 4) is 0 Å². The lowest BCUT2D eigenvalue weighted by molar-refractivity contribution is -0.131. The Kier molecular flexibility index (Phi) is 23.5. The molecule has 8 heteroatoms. The normalized spacial score (nSPS) is 10.5. The van der Waals surface area contributed by atoms with Crippen LogP contribution in [0.4, 0.5) is 0 Å². The minimum absolute atomic E-state index is 0.0625. The average molecular weight is 372 g/mol. The molecule has 0 aromatic carbocycles. The second-order valence-corrected chi connectivity index (χ2v) is 4.73. The Labute approximate surface area is 153 Å². The second kappa shape index (κ2) is 19.9. The Balaban J connectivity index is -0.000000125. The molecule has 0 unspecified atom stereocenters. The van der Waals surface area contributed by atoms with Crippen molar-refractivity contribution >= 4 is 23.3 Å². The first-order valence-corrected chi connectivity index (χ1v) is 7.14. The van der Waals surface area contributed by atoms with Crippen LogP contribution >= 0.6 is 0 Å². The maximum absolute atomic E-state index is 10.0. The van der Waals surface area contributed by atoms with E-state index in [0.717, 1.165) is 6.08 Å². The van der Waals surface area contributed by atoms with Gasteiger partial charge in [0.2, 0.25) is 0 Å². The summed E-state index contributed by atoms with van der Waals surface area (Å²) < 4.78 is 0. The first-order chi connectivity index (χ1) is 11.6. The number of carboxylic acid groups (broad SMARTS) is 1. The van der Waals surface area contributed by atoms with Gasteiger partial charge in [-0.3, -0.25) is 14.4 Å². The molecule has 0 amide bonds. The molecule has 4 N–H and O–H groups in total.